The number of nitrogens with two attached hydrogens (primary N) is 2. The summed E-state index contributed by atoms with van der Waals surface area (Å²) in [5.74, 6) is -0.166. The molecule has 0 bridgehead atoms. The summed E-state index contributed by atoms with van der Waals surface area (Å²) in [5, 5.41) is 7.25. The molecular weight excluding hydrogens is 164 g/mol. The van der Waals surface area contributed by atoms with Crippen molar-refractivity contribution in [1.29, 1.82) is 5.41 Å². The summed E-state index contributed by atoms with van der Waals surface area (Å²) in [7, 11) is 0. The smallest absolute Gasteiger partial charge is 0.141 e. The van der Waals surface area contributed by atoms with Crippen LogP contribution in [0.2, 0.25) is 5.15 Å². The Morgan fingerprint density at radius 3 is 2.64 bits per heavy atom. The highest BCUT2D eigenvalue weighted by Crippen LogP contribution is 2.17. The Morgan fingerprint density at radius 1 is 1.64 bits per heavy atom. The van der Waals surface area contributed by atoms with Crippen LogP contribution in [0, 0.1) is 5.41 Å². The molecule has 0 aliphatic heterocycles. The van der Waals surface area contributed by atoms with Gasteiger partial charge in [-0.1, -0.05) is 11.6 Å². The number of anilines is 1. The van der Waals surface area contributed by atoms with Crippen LogP contribution in [0.25, 0.3) is 0 Å². The molecular formula is C6H7ClN4. The highest BCUT2D eigenvalue weighted by atomic mass is 35.5. The number of rotatable bonds is 1. The van der Waals surface area contributed by atoms with Crippen LogP contribution in [0.15, 0.2) is 12.3 Å². The molecule has 0 saturated heterocycles. The van der Waals surface area contributed by atoms with E-state index in [2.05, 4.69) is 4.98 Å². The van der Waals surface area contributed by atoms with Crippen LogP contribution in [0.3, 0.4) is 0 Å². The molecule has 0 atom stereocenters. The van der Waals surface area contributed by atoms with E-state index in [-0.39, 0.29) is 11.0 Å². The molecule has 0 aliphatic rings. The second-order valence-corrected chi connectivity index (χ2v) is 2.34. The van der Waals surface area contributed by atoms with Crippen LogP contribution in [-0.2, 0) is 0 Å². The minimum atomic E-state index is -0.166. The van der Waals surface area contributed by atoms with Gasteiger partial charge in [0.1, 0.15) is 11.0 Å². The Morgan fingerprint density at radius 2 is 2.27 bits per heavy atom. The SMILES string of the molecule is N=C(N)c1c(N)ccnc1Cl. The van der Waals surface area contributed by atoms with Gasteiger partial charge < -0.3 is 11.5 Å². The van der Waals surface area contributed by atoms with Crippen LogP contribution in [0.1, 0.15) is 5.56 Å². The first-order valence-corrected chi connectivity index (χ1v) is 3.25. The largest absolute Gasteiger partial charge is 0.398 e. The molecule has 11 heavy (non-hydrogen) atoms. The fourth-order valence-corrected chi connectivity index (χ4v) is 0.984. The number of nitrogens with zero attached hydrogens (tertiary/aromatic N) is 1. The van der Waals surface area contributed by atoms with Gasteiger partial charge in [-0.25, -0.2) is 4.98 Å². The number of amidine groups is 1. The van der Waals surface area contributed by atoms with Crippen LogP contribution in [0.4, 0.5) is 5.69 Å². The lowest BCUT2D eigenvalue weighted by Gasteiger charge is -2.03. The van der Waals surface area contributed by atoms with Gasteiger partial charge in [0.05, 0.1) is 5.56 Å². The molecule has 0 saturated carbocycles. The lowest BCUT2D eigenvalue weighted by Crippen LogP contribution is -2.14. The molecule has 5 heteroatoms. The van der Waals surface area contributed by atoms with Gasteiger partial charge in [-0.15, -0.1) is 0 Å². The van der Waals surface area contributed by atoms with Crippen LogP contribution in [0.5, 0.6) is 0 Å². The Kier molecular flexibility index (Phi) is 1.96. The number of nitrogen functional groups attached to an aromatic ring is 2. The van der Waals surface area contributed by atoms with Crippen molar-refractivity contribution in [2.24, 2.45) is 5.73 Å². The van der Waals surface area contributed by atoms with Crippen LogP contribution >= 0.6 is 11.6 Å². The van der Waals surface area contributed by atoms with E-state index in [0.717, 1.165) is 0 Å². The number of hydrogen-bond donors (Lipinski definition) is 3. The maximum Gasteiger partial charge on any atom is 0.141 e. The van der Waals surface area contributed by atoms with Gasteiger partial charge in [0.15, 0.2) is 0 Å². The molecule has 0 amide bonds. The van der Waals surface area contributed by atoms with Gasteiger partial charge in [-0.05, 0) is 6.07 Å². The zero-order chi connectivity index (χ0) is 8.43. The third kappa shape index (κ3) is 1.40. The van der Waals surface area contributed by atoms with Gasteiger partial charge in [-0.3, -0.25) is 5.41 Å². The molecule has 1 aromatic rings. The number of hydrogen-bond acceptors (Lipinski definition) is 3. The highest BCUT2D eigenvalue weighted by Gasteiger charge is 2.07. The zero-order valence-electron chi connectivity index (χ0n) is 5.63. The summed E-state index contributed by atoms with van der Waals surface area (Å²) in [5.41, 5.74) is 11.3. The Balaban J connectivity index is 3.32. The molecule has 0 fully saturated rings. The number of aromatic nitrogens is 1. The Hall–Kier alpha value is -1.29. The van der Waals surface area contributed by atoms with Crippen LogP contribution in [-0.4, -0.2) is 10.8 Å². The maximum absolute atomic E-state index is 7.09. The lowest BCUT2D eigenvalue weighted by atomic mass is 10.2. The number of pyridine rings is 1. The second-order valence-electron chi connectivity index (χ2n) is 1.98. The van der Waals surface area contributed by atoms with Crippen molar-refractivity contribution in [1.82, 2.24) is 4.98 Å². The second kappa shape index (κ2) is 2.75. The quantitative estimate of drug-likeness (QED) is 0.328. The maximum atomic E-state index is 7.09. The van der Waals surface area contributed by atoms with E-state index in [1.54, 1.807) is 6.07 Å². The van der Waals surface area contributed by atoms with E-state index in [9.17, 15) is 0 Å². The topological polar surface area (TPSA) is 88.8 Å². The van der Waals surface area contributed by atoms with Crippen molar-refractivity contribution >= 4 is 23.1 Å². The molecule has 4 nitrogen and oxygen atoms in total. The van der Waals surface area contributed by atoms with E-state index in [1.807, 2.05) is 0 Å². The molecule has 1 heterocycles. The first kappa shape index (κ1) is 7.81. The monoisotopic (exact) mass is 170 g/mol. The summed E-state index contributed by atoms with van der Waals surface area (Å²) >= 11 is 5.61. The van der Waals surface area contributed by atoms with Crippen molar-refractivity contribution in [3.63, 3.8) is 0 Å². The Bertz CT molecular complexity index is 276. The van der Waals surface area contributed by atoms with Gasteiger partial charge in [0.2, 0.25) is 0 Å². The fraction of sp³-hybridized carbons (Fsp3) is 0. The standard InChI is InChI=1S/C6H7ClN4/c7-5-4(6(9)10)3(8)1-2-11-5/h1-2H,(H2,8,11)(H3,9,10). The molecule has 0 aliphatic carbocycles. The normalized spacial score (nSPS) is 9.55. The van der Waals surface area contributed by atoms with Gasteiger partial charge in [0.25, 0.3) is 0 Å². The predicted molar refractivity (Wildman–Crippen MR) is 44.7 cm³/mol. The van der Waals surface area contributed by atoms with E-state index >= 15 is 0 Å². The third-order valence-corrected chi connectivity index (χ3v) is 1.49. The first-order chi connectivity index (χ1) is 5.13. The number of nitrogens with one attached hydrogen (secondary N) is 1. The van der Waals surface area contributed by atoms with Gasteiger partial charge in [0, 0.05) is 11.9 Å². The minimum Gasteiger partial charge on any atom is -0.398 e. The lowest BCUT2D eigenvalue weighted by molar-refractivity contribution is 1.30. The van der Waals surface area contributed by atoms with Crippen molar-refractivity contribution < 1.29 is 0 Å². The average molecular weight is 171 g/mol. The van der Waals surface area contributed by atoms with E-state index in [4.69, 9.17) is 28.5 Å². The van der Waals surface area contributed by atoms with Crippen molar-refractivity contribution in [3.8, 4) is 0 Å². The third-order valence-electron chi connectivity index (χ3n) is 1.21. The fourth-order valence-electron chi connectivity index (χ4n) is 0.717. The number of halogens is 1. The zero-order valence-corrected chi connectivity index (χ0v) is 6.39. The van der Waals surface area contributed by atoms with E-state index in [0.29, 0.717) is 11.3 Å². The minimum absolute atomic E-state index is 0.164. The summed E-state index contributed by atoms with van der Waals surface area (Å²) in [6.07, 6.45) is 1.46. The highest BCUT2D eigenvalue weighted by molar-refractivity contribution is 6.33. The van der Waals surface area contributed by atoms with Crippen molar-refractivity contribution in [3.05, 3.63) is 23.0 Å². The Labute approximate surface area is 68.7 Å². The molecule has 58 valence electrons. The van der Waals surface area contributed by atoms with Gasteiger partial charge in [-0.2, -0.15) is 0 Å². The molecule has 0 aromatic carbocycles. The molecule has 1 aromatic heterocycles. The van der Waals surface area contributed by atoms with Crippen molar-refractivity contribution in [2.75, 3.05) is 5.73 Å². The molecule has 5 N–H and O–H groups in total. The summed E-state index contributed by atoms with van der Waals surface area (Å²) < 4.78 is 0. The summed E-state index contributed by atoms with van der Waals surface area (Å²) in [6, 6.07) is 1.54. The van der Waals surface area contributed by atoms with Gasteiger partial charge >= 0.3 is 0 Å². The first-order valence-electron chi connectivity index (χ1n) is 2.87. The molecule has 0 spiro atoms. The molecule has 0 radical (unpaired) electrons. The van der Waals surface area contributed by atoms with Crippen LogP contribution < -0.4 is 11.5 Å². The van der Waals surface area contributed by atoms with E-state index < -0.39 is 0 Å². The van der Waals surface area contributed by atoms with E-state index in [1.165, 1.54) is 6.20 Å². The van der Waals surface area contributed by atoms with Crippen molar-refractivity contribution in [2.45, 2.75) is 0 Å². The predicted octanol–water partition coefficient (Wildman–Crippen LogP) is 0.601. The molecule has 1 rings (SSSR count). The summed E-state index contributed by atoms with van der Waals surface area (Å²) in [6.45, 7) is 0. The molecule has 0 unspecified atom stereocenters. The average Bonchev–Trinajstić information content (AvgIpc) is 1.85. The summed E-state index contributed by atoms with van der Waals surface area (Å²) in [4.78, 5) is 3.73.